The molecule has 0 unspecified atom stereocenters. The summed E-state index contributed by atoms with van der Waals surface area (Å²) in [6.07, 6.45) is 0. The van der Waals surface area contributed by atoms with Gasteiger partial charge in [0.15, 0.2) is 0 Å². The predicted molar refractivity (Wildman–Crippen MR) is 166 cm³/mol. The van der Waals surface area contributed by atoms with Crippen LogP contribution in [0.1, 0.15) is 31.8 Å². The van der Waals surface area contributed by atoms with E-state index in [0.717, 1.165) is 10.6 Å². The second-order valence-electron chi connectivity index (χ2n) is 9.26. The molecule has 5 rings (SSSR count). The van der Waals surface area contributed by atoms with Crippen LogP contribution in [0, 0.1) is 0 Å². The summed E-state index contributed by atoms with van der Waals surface area (Å²) >= 11 is 0.742. The molecule has 0 N–H and O–H groups in total. The predicted octanol–water partition coefficient (Wildman–Crippen LogP) is 4.15. The van der Waals surface area contributed by atoms with E-state index in [4.69, 9.17) is 18.9 Å². The van der Waals surface area contributed by atoms with Gasteiger partial charge in [-0.15, -0.1) is 0 Å². The molecule has 0 fully saturated rings. The number of ether oxygens (including phenoxy) is 4. The minimum atomic E-state index is -0.274. The van der Waals surface area contributed by atoms with Crippen molar-refractivity contribution in [1.82, 2.24) is 0 Å². The number of rotatable bonds is 16. The fourth-order valence-electron chi connectivity index (χ4n) is 4.52. The molecule has 0 radical (unpaired) electrons. The van der Waals surface area contributed by atoms with Crippen molar-refractivity contribution in [3.63, 3.8) is 0 Å². The Balaban J connectivity index is 1.12. The van der Waals surface area contributed by atoms with Gasteiger partial charge < -0.3 is 0 Å². The zero-order chi connectivity index (χ0) is 29.0. The number of carbonyl (C=O) groups is 2. The van der Waals surface area contributed by atoms with Crippen molar-refractivity contribution in [1.29, 1.82) is 0 Å². The van der Waals surface area contributed by atoms with Crippen molar-refractivity contribution in [2.24, 2.45) is 0 Å². The van der Waals surface area contributed by atoms with E-state index in [1.165, 1.54) is 8.92 Å². The van der Waals surface area contributed by atoms with Crippen molar-refractivity contribution in [2.75, 3.05) is 39.6 Å². The molecule has 0 aliphatic heterocycles. The molecule has 216 valence electrons. The Morgan fingerprint density at radius 3 is 1.36 bits per heavy atom. The monoisotopic (exact) mass is 696 g/mol. The third-order valence-corrected chi connectivity index (χ3v) is 10.5. The van der Waals surface area contributed by atoms with Crippen LogP contribution in [0.5, 0.6) is 11.5 Å². The summed E-state index contributed by atoms with van der Waals surface area (Å²) in [6.45, 7) is 2.65. The second kappa shape index (κ2) is 15.9. The SMILES string of the molecule is O=C1c2cccc(OCCOCC[Se]c3ccccc3)c2C(=O)c2c(OCCOCC[Se]c3ccccc3)cccc21. The zero-order valence-electron chi connectivity index (χ0n) is 23.2. The van der Waals surface area contributed by atoms with Gasteiger partial charge in [-0.3, -0.25) is 0 Å². The standard InChI is InChI=1S/C34H32O6Se2/c35-33-27-13-7-15-29(39-19-17-37-21-23-41-25-9-3-1-4-10-25)31(27)34(36)32-28(33)14-8-16-30(32)40-20-18-38-22-24-42-26-11-5-2-6-12-26/h1-16H,17-24H2. The van der Waals surface area contributed by atoms with E-state index in [9.17, 15) is 9.59 Å². The molecule has 0 bridgehead atoms. The number of carbonyl (C=O) groups excluding carboxylic acids is 2. The van der Waals surface area contributed by atoms with E-state index in [1.54, 1.807) is 36.4 Å². The molecular formula is C34H32O6Se2. The van der Waals surface area contributed by atoms with Crippen LogP contribution in [0.15, 0.2) is 97.1 Å². The van der Waals surface area contributed by atoms with E-state index < -0.39 is 0 Å². The van der Waals surface area contributed by atoms with Crippen LogP contribution in [0.3, 0.4) is 0 Å². The maximum absolute atomic E-state index is 13.7. The van der Waals surface area contributed by atoms with E-state index in [0.29, 0.717) is 79.0 Å². The average Bonchev–Trinajstić information content (AvgIpc) is 3.03. The summed E-state index contributed by atoms with van der Waals surface area (Å²) in [5.41, 5.74) is 1.24. The first kappa shape index (κ1) is 30.2. The van der Waals surface area contributed by atoms with Gasteiger partial charge in [-0.25, -0.2) is 0 Å². The summed E-state index contributed by atoms with van der Waals surface area (Å²) < 4.78 is 26.1. The summed E-state index contributed by atoms with van der Waals surface area (Å²) in [5.74, 6) is 0.275. The van der Waals surface area contributed by atoms with Crippen LogP contribution in [0.2, 0.25) is 10.6 Å². The zero-order valence-corrected chi connectivity index (χ0v) is 26.6. The number of hydrogen-bond acceptors (Lipinski definition) is 6. The van der Waals surface area contributed by atoms with Gasteiger partial charge in [0.05, 0.1) is 0 Å². The van der Waals surface area contributed by atoms with Crippen molar-refractivity contribution in [3.8, 4) is 11.5 Å². The molecule has 0 spiro atoms. The third-order valence-electron chi connectivity index (χ3n) is 6.45. The molecule has 0 heterocycles. The van der Waals surface area contributed by atoms with E-state index in [1.807, 2.05) is 12.1 Å². The molecular weight excluding hydrogens is 662 g/mol. The van der Waals surface area contributed by atoms with Crippen molar-refractivity contribution >= 4 is 50.4 Å². The van der Waals surface area contributed by atoms with Crippen LogP contribution in [0.25, 0.3) is 0 Å². The van der Waals surface area contributed by atoms with Crippen LogP contribution in [-0.4, -0.2) is 81.1 Å². The number of fused-ring (bicyclic) bond motifs is 2. The van der Waals surface area contributed by atoms with Gasteiger partial charge in [0.1, 0.15) is 0 Å². The first-order valence-corrected chi connectivity index (χ1v) is 18.0. The van der Waals surface area contributed by atoms with Gasteiger partial charge in [-0.1, -0.05) is 0 Å². The van der Waals surface area contributed by atoms with Crippen LogP contribution >= 0.6 is 0 Å². The fourth-order valence-corrected chi connectivity index (χ4v) is 7.82. The molecule has 1 aliphatic rings. The second-order valence-corrected chi connectivity index (χ2v) is 14.2. The van der Waals surface area contributed by atoms with Crippen LogP contribution in [0.4, 0.5) is 0 Å². The van der Waals surface area contributed by atoms with Gasteiger partial charge in [0, 0.05) is 0 Å². The van der Waals surface area contributed by atoms with Gasteiger partial charge >= 0.3 is 260 Å². The minimum absolute atomic E-state index is 0.214. The molecule has 0 amide bonds. The first-order valence-electron chi connectivity index (χ1n) is 13.8. The molecule has 0 saturated carbocycles. The van der Waals surface area contributed by atoms with Crippen molar-refractivity contribution in [3.05, 3.63) is 119 Å². The summed E-state index contributed by atoms with van der Waals surface area (Å²) in [5, 5.41) is 1.95. The fraction of sp³-hybridized carbons (Fsp3) is 0.235. The third kappa shape index (κ3) is 7.99. The molecule has 0 atom stereocenters. The molecule has 4 aromatic carbocycles. The van der Waals surface area contributed by atoms with E-state index >= 15 is 0 Å². The summed E-state index contributed by atoms with van der Waals surface area (Å²) in [4.78, 5) is 27.1. The number of hydrogen-bond donors (Lipinski definition) is 0. The molecule has 0 aromatic heterocycles. The van der Waals surface area contributed by atoms with E-state index in [2.05, 4.69) is 48.5 Å². The molecule has 4 aromatic rings. The van der Waals surface area contributed by atoms with Gasteiger partial charge in [-0.05, 0) is 0 Å². The maximum atomic E-state index is 13.7. The van der Waals surface area contributed by atoms with Gasteiger partial charge in [0.2, 0.25) is 0 Å². The molecule has 6 nitrogen and oxygen atoms in total. The topological polar surface area (TPSA) is 71.1 Å². The molecule has 8 heteroatoms. The van der Waals surface area contributed by atoms with Gasteiger partial charge in [-0.2, -0.15) is 0 Å². The Morgan fingerprint density at radius 2 is 0.905 bits per heavy atom. The van der Waals surface area contributed by atoms with Crippen molar-refractivity contribution < 1.29 is 28.5 Å². The molecule has 0 saturated heterocycles. The molecule has 1 aliphatic carbocycles. The number of benzene rings is 4. The summed E-state index contributed by atoms with van der Waals surface area (Å²) in [6, 6.07) is 31.1. The Hall–Kier alpha value is -3.22. The number of ketones is 2. The Labute approximate surface area is 259 Å². The molecule has 42 heavy (non-hydrogen) atoms. The Kier molecular flexibility index (Phi) is 11.4. The van der Waals surface area contributed by atoms with Crippen LogP contribution in [-0.2, 0) is 9.47 Å². The van der Waals surface area contributed by atoms with Gasteiger partial charge in [0.25, 0.3) is 0 Å². The van der Waals surface area contributed by atoms with Crippen LogP contribution < -0.4 is 18.4 Å². The normalized spacial score (nSPS) is 12.1. The first-order chi connectivity index (χ1) is 20.7. The average molecular weight is 695 g/mol. The van der Waals surface area contributed by atoms with E-state index in [-0.39, 0.29) is 35.9 Å². The van der Waals surface area contributed by atoms with Crippen molar-refractivity contribution in [2.45, 2.75) is 10.6 Å². The quantitative estimate of drug-likeness (QED) is 0.114. The Morgan fingerprint density at radius 1 is 0.452 bits per heavy atom. The Bertz CT molecular complexity index is 1370. The summed E-state index contributed by atoms with van der Waals surface area (Å²) in [7, 11) is 0.